The van der Waals surface area contributed by atoms with Gasteiger partial charge in [-0.25, -0.2) is 0 Å². The first-order valence-electron chi connectivity index (χ1n) is 9.09. The van der Waals surface area contributed by atoms with E-state index in [0.717, 1.165) is 4.90 Å². The van der Waals surface area contributed by atoms with Gasteiger partial charge in [0.25, 0.3) is 0 Å². The van der Waals surface area contributed by atoms with Gasteiger partial charge in [-0.1, -0.05) is 81.8 Å². The van der Waals surface area contributed by atoms with E-state index in [4.69, 9.17) is 5.26 Å². The second-order valence-electron chi connectivity index (χ2n) is 6.29. The summed E-state index contributed by atoms with van der Waals surface area (Å²) in [5, 5.41) is 10.8. The zero-order valence-corrected chi connectivity index (χ0v) is 15.4. The number of thiocyanates is 1. The second-order valence-corrected chi connectivity index (χ2v) is 7.14. The number of unbranched alkanes of at least 4 members (excludes halogenated alkanes) is 6. The highest BCUT2D eigenvalue weighted by atomic mass is 32.2. The van der Waals surface area contributed by atoms with Crippen LogP contribution in [0.15, 0.2) is 53.4 Å². The van der Waals surface area contributed by atoms with E-state index in [2.05, 4.69) is 48.7 Å². The first-order chi connectivity index (χ1) is 11.8. The lowest BCUT2D eigenvalue weighted by Crippen LogP contribution is -1.87. The van der Waals surface area contributed by atoms with Crippen LogP contribution in [0.2, 0.25) is 0 Å². The Morgan fingerprint density at radius 3 is 1.88 bits per heavy atom. The molecule has 24 heavy (non-hydrogen) atoms. The van der Waals surface area contributed by atoms with Gasteiger partial charge in [0.05, 0.1) is 0 Å². The third-order valence-corrected chi connectivity index (χ3v) is 4.97. The summed E-state index contributed by atoms with van der Waals surface area (Å²) < 4.78 is 0. The molecule has 0 fully saturated rings. The van der Waals surface area contributed by atoms with Gasteiger partial charge in [-0.05, 0) is 53.4 Å². The maximum absolute atomic E-state index is 8.69. The molecule has 0 unspecified atom stereocenters. The van der Waals surface area contributed by atoms with Crippen molar-refractivity contribution in [1.29, 1.82) is 5.26 Å². The lowest BCUT2D eigenvalue weighted by Gasteiger charge is -2.06. The van der Waals surface area contributed by atoms with Crippen LogP contribution in [0, 0.1) is 10.7 Å². The number of hydrogen-bond acceptors (Lipinski definition) is 2. The van der Waals surface area contributed by atoms with Crippen molar-refractivity contribution in [2.24, 2.45) is 0 Å². The summed E-state index contributed by atoms with van der Waals surface area (Å²) in [4.78, 5) is 0.997. The van der Waals surface area contributed by atoms with Crippen molar-refractivity contribution in [3.63, 3.8) is 0 Å². The van der Waals surface area contributed by atoms with Crippen LogP contribution in [-0.2, 0) is 6.42 Å². The van der Waals surface area contributed by atoms with E-state index >= 15 is 0 Å². The summed E-state index contributed by atoms with van der Waals surface area (Å²) >= 11 is 1.20. The zero-order valence-electron chi connectivity index (χ0n) is 14.6. The number of nitrogens with zero attached hydrogens (tertiary/aromatic N) is 1. The van der Waals surface area contributed by atoms with E-state index in [1.54, 1.807) is 0 Å². The Balaban J connectivity index is 1.77. The SMILES string of the molecule is CCCCCCCCCc1ccc(-c2ccc(SC#N)cc2)cc1. The van der Waals surface area contributed by atoms with E-state index < -0.39 is 0 Å². The average Bonchev–Trinajstić information content (AvgIpc) is 2.62. The van der Waals surface area contributed by atoms with Gasteiger partial charge in [-0.2, -0.15) is 5.26 Å². The van der Waals surface area contributed by atoms with E-state index in [1.807, 2.05) is 12.1 Å². The number of aryl methyl sites for hydroxylation is 1. The summed E-state index contributed by atoms with van der Waals surface area (Å²) in [6.07, 6.45) is 10.7. The number of thioether (sulfide) groups is 1. The van der Waals surface area contributed by atoms with Crippen molar-refractivity contribution in [2.75, 3.05) is 0 Å². The Kier molecular flexibility index (Phi) is 8.49. The van der Waals surface area contributed by atoms with Crippen molar-refractivity contribution < 1.29 is 0 Å². The minimum Gasteiger partial charge on any atom is -0.185 e. The monoisotopic (exact) mass is 337 g/mol. The van der Waals surface area contributed by atoms with Gasteiger partial charge in [0.2, 0.25) is 0 Å². The lowest BCUT2D eigenvalue weighted by atomic mass is 10.0. The maximum atomic E-state index is 8.69. The quantitative estimate of drug-likeness (QED) is 0.259. The Labute approximate surface area is 151 Å². The first kappa shape index (κ1) is 18.6. The van der Waals surface area contributed by atoms with Gasteiger partial charge in [0, 0.05) is 4.90 Å². The topological polar surface area (TPSA) is 23.8 Å². The molecule has 0 heterocycles. The molecule has 1 nitrogen and oxygen atoms in total. The maximum Gasteiger partial charge on any atom is 0.138 e. The van der Waals surface area contributed by atoms with Crippen molar-refractivity contribution in [1.82, 2.24) is 0 Å². The van der Waals surface area contributed by atoms with Gasteiger partial charge >= 0.3 is 0 Å². The third kappa shape index (κ3) is 6.42. The second kappa shape index (κ2) is 10.9. The molecule has 2 rings (SSSR count). The summed E-state index contributed by atoms with van der Waals surface area (Å²) in [5.41, 5.74) is 3.88. The molecule has 0 N–H and O–H groups in total. The lowest BCUT2D eigenvalue weighted by molar-refractivity contribution is 0.589. The van der Waals surface area contributed by atoms with Crippen LogP contribution in [0.5, 0.6) is 0 Å². The van der Waals surface area contributed by atoms with Crippen molar-refractivity contribution >= 4 is 11.8 Å². The molecule has 0 aromatic heterocycles. The summed E-state index contributed by atoms with van der Waals surface area (Å²) in [6.45, 7) is 2.27. The molecule has 126 valence electrons. The molecular formula is C22H27NS. The van der Waals surface area contributed by atoms with Crippen molar-refractivity contribution in [3.05, 3.63) is 54.1 Å². The number of benzene rings is 2. The molecule has 0 saturated heterocycles. The van der Waals surface area contributed by atoms with Gasteiger partial charge in [-0.15, -0.1) is 0 Å². The van der Waals surface area contributed by atoms with Crippen LogP contribution in [0.1, 0.15) is 57.4 Å². The molecule has 0 spiro atoms. The third-order valence-electron chi connectivity index (χ3n) is 4.37. The average molecular weight is 338 g/mol. The molecule has 0 radical (unpaired) electrons. The molecule has 0 amide bonds. The van der Waals surface area contributed by atoms with Crippen LogP contribution < -0.4 is 0 Å². The Morgan fingerprint density at radius 1 is 0.750 bits per heavy atom. The molecule has 0 aliphatic rings. The Hall–Kier alpha value is -1.72. The van der Waals surface area contributed by atoms with E-state index in [0.29, 0.717) is 0 Å². The standard InChI is InChI=1S/C22H27NS/c1-2-3-4-5-6-7-8-9-19-10-12-20(13-11-19)21-14-16-22(17-15-21)24-18-23/h10-17H,2-9H2,1H3. The highest BCUT2D eigenvalue weighted by molar-refractivity contribution is 8.03. The molecule has 2 aromatic rings. The Morgan fingerprint density at radius 2 is 1.29 bits per heavy atom. The number of nitriles is 1. The van der Waals surface area contributed by atoms with Crippen molar-refractivity contribution in [3.8, 4) is 16.5 Å². The molecule has 0 atom stereocenters. The van der Waals surface area contributed by atoms with Crippen LogP contribution in [-0.4, -0.2) is 0 Å². The summed E-state index contributed by atoms with van der Waals surface area (Å²) in [7, 11) is 0. The fraction of sp³-hybridized carbons (Fsp3) is 0.409. The number of rotatable bonds is 10. The highest BCUT2D eigenvalue weighted by Crippen LogP contribution is 2.24. The van der Waals surface area contributed by atoms with Crippen LogP contribution >= 0.6 is 11.8 Å². The molecule has 0 bridgehead atoms. The highest BCUT2D eigenvalue weighted by Gasteiger charge is 2.00. The normalized spacial score (nSPS) is 10.5. The zero-order chi connectivity index (χ0) is 17.0. The minimum absolute atomic E-state index is 0.997. The van der Waals surface area contributed by atoms with E-state index in [1.165, 1.54) is 79.8 Å². The molecule has 0 aliphatic carbocycles. The molecule has 0 aliphatic heterocycles. The fourth-order valence-electron chi connectivity index (χ4n) is 2.92. The van der Waals surface area contributed by atoms with Gasteiger partial charge in [0.15, 0.2) is 0 Å². The fourth-order valence-corrected chi connectivity index (χ4v) is 3.30. The van der Waals surface area contributed by atoms with E-state index in [-0.39, 0.29) is 0 Å². The predicted octanol–water partition coefficient (Wildman–Crippen LogP) is 7.22. The van der Waals surface area contributed by atoms with Crippen LogP contribution in [0.4, 0.5) is 0 Å². The van der Waals surface area contributed by atoms with Crippen LogP contribution in [0.25, 0.3) is 11.1 Å². The molecule has 2 heteroatoms. The largest absolute Gasteiger partial charge is 0.185 e. The van der Waals surface area contributed by atoms with Gasteiger partial charge < -0.3 is 0 Å². The van der Waals surface area contributed by atoms with Crippen LogP contribution in [0.3, 0.4) is 0 Å². The predicted molar refractivity (Wildman–Crippen MR) is 105 cm³/mol. The number of hydrogen-bond donors (Lipinski definition) is 0. The Bertz CT molecular complexity index is 623. The summed E-state index contributed by atoms with van der Waals surface area (Å²) in [5.74, 6) is 0. The summed E-state index contributed by atoms with van der Waals surface area (Å²) in [6, 6.07) is 17.1. The molecule has 0 saturated carbocycles. The van der Waals surface area contributed by atoms with E-state index in [9.17, 15) is 0 Å². The first-order valence-corrected chi connectivity index (χ1v) is 9.90. The molecule has 2 aromatic carbocycles. The molecular weight excluding hydrogens is 310 g/mol. The van der Waals surface area contributed by atoms with Gasteiger partial charge in [0.1, 0.15) is 5.40 Å². The van der Waals surface area contributed by atoms with Gasteiger partial charge in [-0.3, -0.25) is 0 Å². The minimum atomic E-state index is 0.997. The smallest absolute Gasteiger partial charge is 0.138 e. The van der Waals surface area contributed by atoms with Crippen molar-refractivity contribution in [2.45, 2.75) is 63.2 Å².